The Morgan fingerprint density at radius 1 is 1.17 bits per heavy atom. The van der Waals surface area contributed by atoms with Gasteiger partial charge in [-0.1, -0.05) is 0 Å². The number of halogens is 2. The average Bonchev–Trinajstić information content (AvgIpc) is 2.77. The molecule has 2 fully saturated rings. The van der Waals surface area contributed by atoms with Crippen molar-refractivity contribution in [1.82, 2.24) is 14.9 Å². The summed E-state index contributed by atoms with van der Waals surface area (Å²) in [7, 11) is 2.01. The molecule has 1 aromatic carbocycles. The van der Waals surface area contributed by atoms with E-state index in [-0.39, 0.29) is 11.9 Å². The molecule has 4 rings (SSSR count). The molecule has 0 bridgehead atoms. The normalized spacial score (nSPS) is 20.7. The van der Waals surface area contributed by atoms with Crippen molar-refractivity contribution in [3.63, 3.8) is 0 Å². The van der Waals surface area contributed by atoms with Gasteiger partial charge in [-0.15, -0.1) is 0 Å². The van der Waals surface area contributed by atoms with Gasteiger partial charge in [0.25, 0.3) is 0 Å². The molecule has 1 atom stereocenters. The van der Waals surface area contributed by atoms with Crippen LogP contribution in [0.25, 0.3) is 0 Å². The summed E-state index contributed by atoms with van der Waals surface area (Å²) in [6.45, 7) is 5.12. The molecule has 1 aromatic heterocycles. The van der Waals surface area contributed by atoms with Gasteiger partial charge in [0.1, 0.15) is 17.5 Å². The first-order valence-electron chi connectivity index (χ1n) is 10.1. The van der Waals surface area contributed by atoms with Crippen LogP contribution < -0.4 is 9.80 Å². The molecule has 3 heterocycles. The fraction of sp³-hybridized carbons (Fsp3) is 0.524. The fourth-order valence-corrected chi connectivity index (χ4v) is 4.04. The molecule has 8 heteroatoms. The Morgan fingerprint density at radius 2 is 2.00 bits per heavy atom. The van der Waals surface area contributed by atoms with E-state index in [2.05, 4.69) is 19.7 Å². The monoisotopic (exact) mass is 403 g/mol. The summed E-state index contributed by atoms with van der Waals surface area (Å²) >= 11 is 0. The van der Waals surface area contributed by atoms with Crippen molar-refractivity contribution in [2.45, 2.75) is 25.4 Å². The highest BCUT2D eigenvalue weighted by Gasteiger charge is 2.26. The molecular weight excluding hydrogens is 376 g/mol. The Kier molecular flexibility index (Phi) is 6.20. The third kappa shape index (κ3) is 4.82. The second kappa shape index (κ2) is 9.00. The summed E-state index contributed by atoms with van der Waals surface area (Å²) < 4.78 is 32.9. The Balaban J connectivity index is 1.43. The summed E-state index contributed by atoms with van der Waals surface area (Å²) in [6, 6.07) is 5.80. The molecule has 0 saturated carbocycles. The maximum Gasteiger partial charge on any atom is 0.227 e. The van der Waals surface area contributed by atoms with Crippen molar-refractivity contribution in [3.8, 4) is 0 Å². The average molecular weight is 403 g/mol. The highest BCUT2D eigenvalue weighted by Crippen LogP contribution is 2.23. The van der Waals surface area contributed by atoms with E-state index >= 15 is 0 Å². The third-order valence-corrected chi connectivity index (χ3v) is 5.71. The number of hydrogen-bond acceptors (Lipinski definition) is 6. The Morgan fingerprint density at radius 3 is 2.83 bits per heavy atom. The van der Waals surface area contributed by atoms with Gasteiger partial charge >= 0.3 is 0 Å². The number of likely N-dealkylation sites (N-methyl/N-ethyl adjacent to an activating group) is 1. The van der Waals surface area contributed by atoms with Crippen molar-refractivity contribution in [1.29, 1.82) is 0 Å². The molecule has 2 saturated heterocycles. The Hall–Kier alpha value is -2.32. The van der Waals surface area contributed by atoms with E-state index in [1.54, 1.807) is 6.20 Å². The van der Waals surface area contributed by atoms with E-state index in [0.717, 1.165) is 50.9 Å². The Bertz CT molecular complexity index is 830. The number of nitrogens with zero attached hydrogens (tertiary/aromatic N) is 5. The second-order valence-corrected chi connectivity index (χ2v) is 7.69. The quantitative estimate of drug-likeness (QED) is 0.765. The third-order valence-electron chi connectivity index (χ3n) is 5.71. The van der Waals surface area contributed by atoms with Crippen LogP contribution in [0.4, 0.5) is 20.5 Å². The molecule has 2 aromatic rings. The SMILES string of the molecule is CN(c1nccc(N2CCOCC2)n1)C1CCCN(Cc2cc(F)ccc2F)C1. The number of hydrogen-bond donors (Lipinski definition) is 0. The number of benzene rings is 1. The molecule has 0 spiro atoms. The maximum absolute atomic E-state index is 14.0. The summed E-state index contributed by atoms with van der Waals surface area (Å²) in [4.78, 5) is 15.7. The van der Waals surface area contributed by atoms with Gasteiger partial charge < -0.3 is 14.5 Å². The lowest BCUT2D eigenvalue weighted by molar-refractivity contribution is 0.122. The molecule has 0 amide bonds. The predicted molar refractivity (Wildman–Crippen MR) is 108 cm³/mol. The van der Waals surface area contributed by atoms with E-state index in [0.29, 0.717) is 31.3 Å². The molecule has 29 heavy (non-hydrogen) atoms. The van der Waals surface area contributed by atoms with Crippen LogP contribution in [0, 0.1) is 11.6 Å². The zero-order valence-electron chi connectivity index (χ0n) is 16.7. The van der Waals surface area contributed by atoms with Crippen LogP contribution in [-0.2, 0) is 11.3 Å². The topological polar surface area (TPSA) is 44.7 Å². The van der Waals surface area contributed by atoms with Gasteiger partial charge in [-0.2, -0.15) is 4.98 Å². The zero-order chi connectivity index (χ0) is 20.2. The molecule has 1 unspecified atom stereocenters. The first-order valence-corrected chi connectivity index (χ1v) is 10.1. The van der Waals surface area contributed by atoms with Crippen LogP contribution in [0.1, 0.15) is 18.4 Å². The number of anilines is 2. The highest BCUT2D eigenvalue weighted by atomic mass is 19.1. The van der Waals surface area contributed by atoms with Crippen LogP contribution in [0.3, 0.4) is 0 Å². The Labute approximate surface area is 170 Å². The lowest BCUT2D eigenvalue weighted by Crippen LogP contribution is -2.47. The van der Waals surface area contributed by atoms with Crippen LogP contribution in [0.5, 0.6) is 0 Å². The molecule has 2 aliphatic rings. The van der Waals surface area contributed by atoms with Crippen LogP contribution in [0.15, 0.2) is 30.5 Å². The molecule has 0 aliphatic carbocycles. The van der Waals surface area contributed by atoms with Gasteiger partial charge in [-0.05, 0) is 43.7 Å². The molecular formula is C21H27F2N5O. The van der Waals surface area contributed by atoms with Crippen LogP contribution >= 0.6 is 0 Å². The maximum atomic E-state index is 14.0. The number of aromatic nitrogens is 2. The lowest BCUT2D eigenvalue weighted by atomic mass is 10.0. The van der Waals surface area contributed by atoms with Crippen LogP contribution in [-0.4, -0.2) is 67.4 Å². The van der Waals surface area contributed by atoms with Gasteiger partial charge in [0.05, 0.1) is 13.2 Å². The smallest absolute Gasteiger partial charge is 0.227 e. The van der Waals surface area contributed by atoms with E-state index < -0.39 is 5.82 Å². The molecule has 0 radical (unpaired) electrons. The first-order chi connectivity index (χ1) is 14.1. The summed E-state index contributed by atoms with van der Waals surface area (Å²) in [5.74, 6) is 0.848. The van der Waals surface area contributed by atoms with E-state index in [1.165, 1.54) is 12.1 Å². The minimum absolute atomic E-state index is 0.223. The summed E-state index contributed by atoms with van der Waals surface area (Å²) in [5, 5.41) is 0. The van der Waals surface area contributed by atoms with Gasteiger partial charge in [-0.3, -0.25) is 4.90 Å². The van der Waals surface area contributed by atoms with E-state index in [9.17, 15) is 8.78 Å². The predicted octanol–water partition coefficient (Wildman–Crippen LogP) is 2.69. The van der Waals surface area contributed by atoms with Crippen molar-refractivity contribution >= 4 is 11.8 Å². The number of rotatable bonds is 5. The summed E-state index contributed by atoms with van der Waals surface area (Å²) in [6.07, 6.45) is 3.81. The fourth-order valence-electron chi connectivity index (χ4n) is 4.04. The first kappa shape index (κ1) is 20.0. The van der Waals surface area contributed by atoms with Crippen molar-refractivity contribution in [2.24, 2.45) is 0 Å². The molecule has 0 N–H and O–H groups in total. The van der Waals surface area contributed by atoms with Gasteiger partial charge in [0, 0.05) is 51.0 Å². The summed E-state index contributed by atoms with van der Waals surface area (Å²) in [5.41, 5.74) is 0.402. The van der Waals surface area contributed by atoms with Gasteiger partial charge in [0.2, 0.25) is 5.95 Å². The molecule has 2 aliphatic heterocycles. The minimum Gasteiger partial charge on any atom is -0.378 e. The van der Waals surface area contributed by atoms with Crippen molar-refractivity contribution in [3.05, 3.63) is 47.7 Å². The highest BCUT2D eigenvalue weighted by molar-refractivity contribution is 5.44. The molecule has 156 valence electrons. The number of ether oxygens (including phenoxy) is 1. The number of piperidine rings is 1. The minimum atomic E-state index is -0.402. The lowest BCUT2D eigenvalue weighted by Gasteiger charge is -2.38. The molecule has 6 nitrogen and oxygen atoms in total. The van der Waals surface area contributed by atoms with Gasteiger partial charge in [0.15, 0.2) is 0 Å². The van der Waals surface area contributed by atoms with E-state index in [4.69, 9.17) is 9.72 Å². The van der Waals surface area contributed by atoms with Crippen molar-refractivity contribution in [2.75, 3.05) is 56.2 Å². The zero-order valence-corrected chi connectivity index (χ0v) is 16.7. The van der Waals surface area contributed by atoms with Gasteiger partial charge in [-0.25, -0.2) is 13.8 Å². The number of morpholine rings is 1. The number of likely N-dealkylation sites (tertiary alicyclic amines) is 1. The largest absolute Gasteiger partial charge is 0.378 e. The van der Waals surface area contributed by atoms with Crippen molar-refractivity contribution < 1.29 is 13.5 Å². The second-order valence-electron chi connectivity index (χ2n) is 7.69. The van der Waals surface area contributed by atoms with E-state index in [1.807, 2.05) is 13.1 Å². The van der Waals surface area contributed by atoms with Crippen LogP contribution in [0.2, 0.25) is 0 Å². The standard InChI is InChI=1S/C21H27F2N5O/c1-26(21-24-7-6-20(25-21)28-9-11-29-12-10-28)18-3-2-8-27(15-18)14-16-13-17(22)4-5-19(16)23/h4-7,13,18H,2-3,8-12,14-15H2,1H3.